The molecule has 9 heteroatoms. The van der Waals surface area contributed by atoms with Crippen LogP contribution in [0.15, 0.2) is 42.0 Å². The van der Waals surface area contributed by atoms with E-state index in [4.69, 9.17) is 28.6 Å². The van der Waals surface area contributed by atoms with Crippen LogP contribution in [0.4, 0.5) is 5.69 Å². The first kappa shape index (κ1) is 21.5. The molecule has 0 spiro atoms. The molecule has 3 amide bonds. The van der Waals surface area contributed by atoms with Gasteiger partial charge >= 0.3 is 0 Å². The van der Waals surface area contributed by atoms with E-state index < -0.39 is 11.8 Å². The van der Waals surface area contributed by atoms with Crippen molar-refractivity contribution in [3.05, 3.63) is 63.7 Å². The zero-order chi connectivity index (χ0) is 21.8. The van der Waals surface area contributed by atoms with Gasteiger partial charge in [-0.3, -0.25) is 25.0 Å². The fourth-order valence-corrected chi connectivity index (χ4v) is 3.14. The number of hydrogen-bond acceptors (Lipinski definition) is 5. The van der Waals surface area contributed by atoms with Crippen molar-refractivity contribution in [1.29, 1.82) is 0 Å². The Kier molecular flexibility index (Phi) is 6.49. The van der Waals surface area contributed by atoms with Gasteiger partial charge in [-0.1, -0.05) is 29.8 Å². The molecule has 0 aliphatic carbocycles. The highest BCUT2D eigenvalue weighted by molar-refractivity contribution is 7.80. The first-order valence-corrected chi connectivity index (χ1v) is 9.70. The summed E-state index contributed by atoms with van der Waals surface area (Å²) in [5.74, 6) is -1.21. The van der Waals surface area contributed by atoms with Gasteiger partial charge in [0.25, 0.3) is 17.7 Å². The molecule has 1 fully saturated rings. The Balaban J connectivity index is 1.66. The van der Waals surface area contributed by atoms with Crippen molar-refractivity contribution in [2.24, 2.45) is 0 Å². The van der Waals surface area contributed by atoms with Crippen LogP contribution in [0.25, 0.3) is 6.08 Å². The van der Waals surface area contributed by atoms with Crippen LogP contribution >= 0.6 is 23.8 Å². The summed E-state index contributed by atoms with van der Waals surface area (Å²) in [6.07, 6.45) is 1.38. The summed E-state index contributed by atoms with van der Waals surface area (Å²) in [6, 6.07) is 10.4. The second kappa shape index (κ2) is 9.06. The van der Waals surface area contributed by atoms with Crippen LogP contribution in [0.5, 0.6) is 5.75 Å². The standard InChI is InChI=1S/C21H18ClN3O4S/c1-11-4-3-5-16(12(11)2)23-18(26)10-29-17-7-6-13(9-15(17)22)8-14-19(27)24-21(30)25-20(14)28/h3-9H,10H2,1-2H3,(H,23,26)(H2,24,25,27,28,30). The lowest BCUT2D eigenvalue weighted by molar-refractivity contribution is -0.123. The summed E-state index contributed by atoms with van der Waals surface area (Å²) in [5.41, 5.74) is 3.20. The number of ether oxygens (including phenoxy) is 1. The third-order valence-electron chi connectivity index (χ3n) is 4.45. The summed E-state index contributed by atoms with van der Waals surface area (Å²) in [7, 11) is 0. The SMILES string of the molecule is Cc1cccc(NC(=O)COc2ccc(C=C3C(=O)NC(=S)NC3=O)cc2Cl)c1C. The lowest BCUT2D eigenvalue weighted by Gasteiger charge is -2.16. The van der Waals surface area contributed by atoms with E-state index in [0.717, 1.165) is 16.8 Å². The van der Waals surface area contributed by atoms with Crippen LogP contribution in [-0.2, 0) is 14.4 Å². The minimum atomic E-state index is -0.594. The molecular weight excluding hydrogens is 426 g/mol. The van der Waals surface area contributed by atoms with Gasteiger partial charge in [-0.2, -0.15) is 0 Å². The lowest BCUT2D eigenvalue weighted by Crippen LogP contribution is -2.51. The molecule has 154 valence electrons. The molecule has 2 aromatic carbocycles. The van der Waals surface area contributed by atoms with E-state index in [1.807, 2.05) is 32.0 Å². The number of thiocarbonyl (C=S) groups is 1. The average molecular weight is 444 g/mol. The molecule has 7 nitrogen and oxygen atoms in total. The highest BCUT2D eigenvalue weighted by Gasteiger charge is 2.25. The van der Waals surface area contributed by atoms with E-state index >= 15 is 0 Å². The van der Waals surface area contributed by atoms with E-state index in [9.17, 15) is 14.4 Å². The quantitative estimate of drug-likeness (QED) is 0.375. The van der Waals surface area contributed by atoms with Crippen LogP contribution in [0.3, 0.4) is 0 Å². The molecule has 1 aliphatic rings. The molecule has 0 saturated carbocycles. The summed E-state index contributed by atoms with van der Waals surface area (Å²) in [5, 5.41) is 7.71. The minimum absolute atomic E-state index is 0.0388. The van der Waals surface area contributed by atoms with E-state index in [2.05, 4.69) is 16.0 Å². The van der Waals surface area contributed by atoms with Crippen LogP contribution in [0.1, 0.15) is 16.7 Å². The number of hydrogen-bond donors (Lipinski definition) is 3. The molecule has 0 radical (unpaired) electrons. The molecule has 2 aromatic rings. The maximum atomic E-state index is 12.2. The molecule has 0 atom stereocenters. The van der Waals surface area contributed by atoms with Crippen LogP contribution < -0.4 is 20.7 Å². The predicted molar refractivity (Wildman–Crippen MR) is 118 cm³/mol. The van der Waals surface area contributed by atoms with E-state index in [1.165, 1.54) is 12.1 Å². The third kappa shape index (κ3) is 5.03. The monoisotopic (exact) mass is 443 g/mol. The molecule has 3 rings (SSSR count). The first-order chi connectivity index (χ1) is 14.2. The van der Waals surface area contributed by atoms with Crippen molar-refractivity contribution in [3.8, 4) is 5.75 Å². The molecule has 1 aliphatic heterocycles. The number of carbonyl (C=O) groups excluding carboxylic acids is 3. The van der Waals surface area contributed by atoms with Gasteiger partial charge < -0.3 is 10.1 Å². The van der Waals surface area contributed by atoms with Gasteiger partial charge in [0.2, 0.25) is 0 Å². The number of rotatable bonds is 5. The van der Waals surface area contributed by atoms with Crippen molar-refractivity contribution in [3.63, 3.8) is 0 Å². The average Bonchev–Trinajstić information content (AvgIpc) is 2.67. The van der Waals surface area contributed by atoms with Gasteiger partial charge in [-0.05, 0) is 67.0 Å². The van der Waals surface area contributed by atoms with Gasteiger partial charge in [0.1, 0.15) is 11.3 Å². The fourth-order valence-electron chi connectivity index (χ4n) is 2.71. The normalized spacial score (nSPS) is 13.4. The Morgan fingerprint density at radius 3 is 2.53 bits per heavy atom. The van der Waals surface area contributed by atoms with Crippen LogP contribution in [0, 0.1) is 13.8 Å². The third-order valence-corrected chi connectivity index (χ3v) is 4.95. The summed E-state index contributed by atoms with van der Waals surface area (Å²) >= 11 is 11.0. The number of carbonyl (C=O) groups is 3. The molecule has 3 N–H and O–H groups in total. The zero-order valence-corrected chi connectivity index (χ0v) is 17.7. The maximum absolute atomic E-state index is 12.2. The van der Waals surface area contributed by atoms with Crippen molar-refractivity contribution in [1.82, 2.24) is 10.6 Å². The van der Waals surface area contributed by atoms with Crippen LogP contribution in [0.2, 0.25) is 5.02 Å². The molecule has 30 heavy (non-hydrogen) atoms. The zero-order valence-electron chi connectivity index (χ0n) is 16.2. The molecule has 1 heterocycles. The molecule has 0 unspecified atom stereocenters. The Labute approximate surface area is 183 Å². The summed E-state index contributed by atoms with van der Waals surface area (Å²) in [6.45, 7) is 3.67. The number of benzene rings is 2. The highest BCUT2D eigenvalue weighted by Crippen LogP contribution is 2.27. The second-order valence-electron chi connectivity index (χ2n) is 6.57. The number of aryl methyl sites for hydroxylation is 1. The molecule has 0 aromatic heterocycles. The number of amides is 3. The van der Waals surface area contributed by atoms with E-state index in [0.29, 0.717) is 11.3 Å². The summed E-state index contributed by atoms with van der Waals surface area (Å²) in [4.78, 5) is 36.0. The van der Waals surface area contributed by atoms with Crippen molar-refractivity contribution in [2.45, 2.75) is 13.8 Å². The number of halogens is 1. The Hall–Kier alpha value is -3.23. The van der Waals surface area contributed by atoms with Crippen molar-refractivity contribution >= 4 is 58.4 Å². The van der Waals surface area contributed by atoms with Gasteiger partial charge in [-0.25, -0.2) is 0 Å². The largest absolute Gasteiger partial charge is 0.482 e. The van der Waals surface area contributed by atoms with Gasteiger partial charge in [0.05, 0.1) is 5.02 Å². The topological polar surface area (TPSA) is 96.5 Å². The van der Waals surface area contributed by atoms with Gasteiger partial charge in [0.15, 0.2) is 11.7 Å². The second-order valence-corrected chi connectivity index (χ2v) is 7.39. The Morgan fingerprint density at radius 1 is 1.17 bits per heavy atom. The van der Waals surface area contributed by atoms with Gasteiger partial charge in [0, 0.05) is 5.69 Å². The van der Waals surface area contributed by atoms with Crippen molar-refractivity contribution < 1.29 is 19.1 Å². The number of nitrogens with one attached hydrogen (secondary N) is 3. The van der Waals surface area contributed by atoms with E-state index in [1.54, 1.807) is 12.1 Å². The summed E-state index contributed by atoms with van der Waals surface area (Å²) < 4.78 is 5.50. The van der Waals surface area contributed by atoms with Crippen LogP contribution in [-0.4, -0.2) is 29.4 Å². The lowest BCUT2D eigenvalue weighted by atomic mass is 10.1. The smallest absolute Gasteiger partial charge is 0.263 e. The molecule has 0 bridgehead atoms. The van der Waals surface area contributed by atoms with Crippen molar-refractivity contribution in [2.75, 3.05) is 11.9 Å². The fraction of sp³-hybridized carbons (Fsp3) is 0.143. The maximum Gasteiger partial charge on any atom is 0.263 e. The highest BCUT2D eigenvalue weighted by atomic mass is 35.5. The minimum Gasteiger partial charge on any atom is -0.482 e. The molecule has 1 saturated heterocycles. The number of anilines is 1. The Morgan fingerprint density at radius 2 is 1.87 bits per heavy atom. The van der Waals surface area contributed by atoms with E-state index in [-0.39, 0.29) is 28.2 Å². The molecular formula is C21H18ClN3O4S. The first-order valence-electron chi connectivity index (χ1n) is 8.91. The predicted octanol–water partition coefficient (Wildman–Crippen LogP) is 2.89. The Bertz CT molecular complexity index is 1080. The van der Waals surface area contributed by atoms with Gasteiger partial charge in [-0.15, -0.1) is 0 Å².